The zero-order valence-electron chi connectivity index (χ0n) is 10.9. The van der Waals surface area contributed by atoms with E-state index >= 15 is 0 Å². The highest BCUT2D eigenvalue weighted by Crippen LogP contribution is 2.47. The summed E-state index contributed by atoms with van der Waals surface area (Å²) in [5, 5.41) is 1.36. The van der Waals surface area contributed by atoms with Crippen LogP contribution in [0.1, 0.15) is 39.5 Å². The summed E-state index contributed by atoms with van der Waals surface area (Å²) in [6.45, 7) is 11.8. The SMILES string of the molecule is C=CC[C@]1(C)CCC[C@H]1SC(N=C)=N/C=C\C. The summed E-state index contributed by atoms with van der Waals surface area (Å²) in [7, 11) is 0. The van der Waals surface area contributed by atoms with Crippen molar-refractivity contribution in [2.45, 2.75) is 44.8 Å². The molecule has 0 amide bonds. The fourth-order valence-electron chi connectivity index (χ4n) is 2.34. The highest BCUT2D eigenvalue weighted by molar-refractivity contribution is 8.14. The molecule has 1 saturated carbocycles. The lowest BCUT2D eigenvalue weighted by atomic mass is 9.85. The van der Waals surface area contributed by atoms with Crippen molar-refractivity contribution >= 4 is 23.6 Å². The first-order valence-electron chi connectivity index (χ1n) is 6.09. The van der Waals surface area contributed by atoms with E-state index in [-0.39, 0.29) is 0 Å². The van der Waals surface area contributed by atoms with Gasteiger partial charge >= 0.3 is 0 Å². The van der Waals surface area contributed by atoms with E-state index in [1.54, 1.807) is 18.0 Å². The Morgan fingerprint density at radius 1 is 1.59 bits per heavy atom. The van der Waals surface area contributed by atoms with Crippen LogP contribution in [0.3, 0.4) is 0 Å². The number of allylic oxidation sites excluding steroid dienone is 2. The van der Waals surface area contributed by atoms with E-state index in [1.165, 1.54) is 19.3 Å². The lowest BCUT2D eigenvalue weighted by Crippen LogP contribution is -2.24. The van der Waals surface area contributed by atoms with E-state index in [0.29, 0.717) is 10.7 Å². The van der Waals surface area contributed by atoms with Crippen molar-refractivity contribution in [3.63, 3.8) is 0 Å². The Bertz CT molecular complexity index is 333. The fraction of sp³-hybridized carbons (Fsp3) is 0.571. The van der Waals surface area contributed by atoms with E-state index in [0.717, 1.165) is 11.6 Å². The average molecular weight is 250 g/mol. The molecule has 3 heteroatoms. The number of thioether (sulfide) groups is 1. The lowest BCUT2D eigenvalue weighted by Gasteiger charge is -2.29. The first-order valence-corrected chi connectivity index (χ1v) is 6.97. The third-order valence-electron chi connectivity index (χ3n) is 3.32. The normalized spacial score (nSPS) is 29.8. The minimum Gasteiger partial charge on any atom is -0.239 e. The van der Waals surface area contributed by atoms with Crippen LogP contribution in [0.5, 0.6) is 0 Å². The standard InChI is InChI=1S/C14H22N2S/c1-5-9-14(3)10-7-8-12(14)17-13(15-4)16-11-6-2/h5-6,11-12H,1,4,7-10H2,2-3H3/b11-6-,16-13?/t12-,14-/m1/s1. The molecule has 0 aromatic carbocycles. The minimum absolute atomic E-state index is 0.341. The maximum Gasteiger partial charge on any atom is 0.187 e. The van der Waals surface area contributed by atoms with Crippen molar-refractivity contribution in [1.29, 1.82) is 0 Å². The maximum absolute atomic E-state index is 4.29. The summed E-state index contributed by atoms with van der Waals surface area (Å²) in [4.78, 5) is 8.29. The summed E-state index contributed by atoms with van der Waals surface area (Å²) in [6, 6.07) is 0. The average Bonchev–Trinajstić information content (AvgIpc) is 2.66. The molecule has 1 aliphatic carbocycles. The second-order valence-corrected chi connectivity index (χ2v) is 5.87. The van der Waals surface area contributed by atoms with E-state index < -0.39 is 0 Å². The number of hydrogen-bond acceptors (Lipinski definition) is 2. The zero-order valence-corrected chi connectivity index (χ0v) is 11.7. The van der Waals surface area contributed by atoms with Gasteiger partial charge in [0.25, 0.3) is 0 Å². The predicted molar refractivity (Wildman–Crippen MR) is 79.9 cm³/mol. The van der Waals surface area contributed by atoms with Crippen LogP contribution in [-0.4, -0.2) is 17.1 Å². The number of aliphatic imine (C=N–C) groups is 2. The van der Waals surface area contributed by atoms with E-state index in [1.807, 2.05) is 19.1 Å². The molecule has 0 radical (unpaired) electrons. The minimum atomic E-state index is 0.341. The van der Waals surface area contributed by atoms with E-state index in [9.17, 15) is 0 Å². The van der Waals surface area contributed by atoms with Gasteiger partial charge in [0.2, 0.25) is 0 Å². The monoisotopic (exact) mass is 250 g/mol. The molecular formula is C14H22N2S. The van der Waals surface area contributed by atoms with Gasteiger partial charge in [-0.25, -0.2) is 9.98 Å². The zero-order chi connectivity index (χ0) is 12.7. The molecule has 0 aromatic rings. The topological polar surface area (TPSA) is 24.7 Å². The molecule has 1 fully saturated rings. The quantitative estimate of drug-likeness (QED) is 0.411. The van der Waals surface area contributed by atoms with Gasteiger partial charge in [-0.05, 0) is 38.3 Å². The molecule has 17 heavy (non-hydrogen) atoms. The fourth-order valence-corrected chi connectivity index (χ4v) is 3.57. The van der Waals surface area contributed by atoms with Gasteiger partial charge in [-0.15, -0.1) is 6.58 Å². The molecule has 2 nitrogen and oxygen atoms in total. The van der Waals surface area contributed by atoms with Crippen molar-refractivity contribution in [3.8, 4) is 0 Å². The Morgan fingerprint density at radius 3 is 2.94 bits per heavy atom. The van der Waals surface area contributed by atoms with Gasteiger partial charge in [0.15, 0.2) is 5.17 Å². The second kappa shape index (κ2) is 6.80. The van der Waals surface area contributed by atoms with Crippen molar-refractivity contribution < 1.29 is 0 Å². The van der Waals surface area contributed by atoms with Gasteiger partial charge in [0.1, 0.15) is 0 Å². The molecule has 1 rings (SSSR count). The molecule has 0 aromatic heterocycles. The van der Waals surface area contributed by atoms with Crippen LogP contribution in [-0.2, 0) is 0 Å². The molecular weight excluding hydrogens is 228 g/mol. The van der Waals surface area contributed by atoms with Gasteiger partial charge in [-0.3, -0.25) is 0 Å². The largest absolute Gasteiger partial charge is 0.239 e. The highest BCUT2D eigenvalue weighted by Gasteiger charge is 2.38. The molecule has 1 aliphatic rings. The van der Waals surface area contributed by atoms with Crippen molar-refractivity contribution in [2.75, 3.05) is 0 Å². The highest BCUT2D eigenvalue weighted by atomic mass is 32.2. The van der Waals surface area contributed by atoms with Crippen LogP contribution in [0.2, 0.25) is 0 Å². The Morgan fingerprint density at radius 2 is 2.35 bits per heavy atom. The van der Waals surface area contributed by atoms with Crippen LogP contribution in [0.4, 0.5) is 0 Å². The van der Waals surface area contributed by atoms with Crippen LogP contribution in [0, 0.1) is 5.41 Å². The molecule has 0 aliphatic heterocycles. The van der Waals surface area contributed by atoms with Crippen molar-refractivity contribution in [1.82, 2.24) is 0 Å². The number of nitrogens with zero attached hydrogens (tertiary/aromatic N) is 2. The molecule has 94 valence electrons. The Balaban J connectivity index is 2.72. The third-order valence-corrected chi connectivity index (χ3v) is 4.85. The molecule has 0 bridgehead atoms. The number of hydrogen-bond donors (Lipinski definition) is 0. The molecule has 0 unspecified atom stereocenters. The molecule has 2 atom stereocenters. The number of rotatable bonds is 4. The Hall–Kier alpha value is -0.830. The summed E-state index contributed by atoms with van der Waals surface area (Å²) in [5.41, 5.74) is 0.341. The second-order valence-electron chi connectivity index (χ2n) is 4.70. The van der Waals surface area contributed by atoms with Gasteiger partial charge in [-0.1, -0.05) is 37.3 Å². The predicted octanol–water partition coefficient (Wildman–Crippen LogP) is 4.44. The van der Waals surface area contributed by atoms with Crippen molar-refractivity contribution in [3.05, 3.63) is 24.9 Å². The van der Waals surface area contributed by atoms with Gasteiger partial charge in [0.05, 0.1) is 0 Å². The first kappa shape index (κ1) is 14.2. The first-order chi connectivity index (χ1) is 8.16. The smallest absolute Gasteiger partial charge is 0.187 e. The Kier molecular flexibility index (Phi) is 5.69. The van der Waals surface area contributed by atoms with Crippen LogP contribution >= 0.6 is 11.8 Å². The van der Waals surface area contributed by atoms with E-state index in [4.69, 9.17) is 0 Å². The molecule has 0 heterocycles. The summed E-state index contributed by atoms with van der Waals surface area (Å²) < 4.78 is 0. The lowest BCUT2D eigenvalue weighted by molar-refractivity contribution is 0.353. The van der Waals surface area contributed by atoms with Crippen LogP contribution < -0.4 is 0 Å². The van der Waals surface area contributed by atoms with Gasteiger partial charge in [-0.2, -0.15) is 0 Å². The number of amidine groups is 1. The summed E-state index contributed by atoms with van der Waals surface area (Å²) in [5.74, 6) is 0. The van der Waals surface area contributed by atoms with Crippen molar-refractivity contribution in [2.24, 2.45) is 15.4 Å². The molecule has 0 N–H and O–H groups in total. The van der Waals surface area contributed by atoms with Crippen LogP contribution in [0.25, 0.3) is 0 Å². The van der Waals surface area contributed by atoms with E-state index in [2.05, 4.69) is 30.2 Å². The summed E-state index contributed by atoms with van der Waals surface area (Å²) >= 11 is 1.76. The van der Waals surface area contributed by atoms with Crippen LogP contribution in [0.15, 0.2) is 34.9 Å². The molecule has 0 saturated heterocycles. The Labute approximate surface area is 109 Å². The molecule has 0 spiro atoms. The summed E-state index contributed by atoms with van der Waals surface area (Å²) in [6.07, 6.45) is 10.6. The van der Waals surface area contributed by atoms with Gasteiger partial charge < -0.3 is 0 Å². The van der Waals surface area contributed by atoms with Gasteiger partial charge in [0, 0.05) is 11.4 Å². The maximum atomic E-state index is 4.29. The third kappa shape index (κ3) is 3.84.